The number of halogens is 2. The van der Waals surface area contributed by atoms with Crippen LogP contribution in [0, 0.1) is 11.6 Å². The van der Waals surface area contributed by atoms with E-state index in [0.29, 0.717) is 11.5 Å². The number of thiazole rings is 1. The number of hydrogen-bond acceptors (Lipinski definition) is 4. The standard InChI is InChI=1S/C17H12F2N4S/c18-12-3-1-11(13(19)8-12)9-21-17-22-14-4-2-10(7-15(14)23-17)16-20-5-6-24-16/h1-8H,9H2,(H2,21,22,23). The van der Waals surface area contributed by atoms with Crippen molar-refractivity contribution in [2.24, 2.45) is 0 Å². The van der Waals surface area contributed by atoms with Crippen LogP contribution in [0.3, 0.4) is 0 Å². The number of fused-ring (bicyclic) bond motifs is 1. The second-order valence-electron chi connectivity index (χ2n) is 5.24. The molecule has 120 valence electrons. The highest BCUT2D eigenvalue weighted by atomic mass is 32.1. The summed E-state index contributed by atoms with van der Waals surface area (Å²) in [5, 5.41) is 5.89. The highest BCUT2D eigenvalue weighted by Gasteiger charge is 2.08. The van der Waals surface area contributed by atoms with Gasteiger partial charge in [0.1, 0.15) is 16.6 Å². The molecule has 4 aromatic rings. The van der Waals surface area contributed by atoms with E-state index >= 15 is 0 Å². The van der Waals surface area contributed by atoms with Gasteiger partial charge in [0.25, 0.3) is 0 Å². The molecule has 4 rings (SSSR count). The summed E-state index contributed by atoms with van der Waals surface area (Å²) in [4.78, 5) is 11.9. The Morgan fingerprint density at radius 2 is 2.04 bits per heavy atom. The summed E-state index contributed by atoms with van der Waals surface area (Å²) in [6.07, 6.45) is 1.77. The van der Waals surface area contributed by atoms with Crippen LogP contribution in [-0.2, 0) is 6.54 Å². The smallest absolute Gasteiger partial charge is 0.201 e. The summed E-state index contributed by atoms with van der Waals surface area (Å²) >= 11 is 1.57. The first-order valence-electron chi connectivity index (χ1n) is 7.26. The first-order chi connectivity index (χ1) is 11.7. The fourth-order valence-electron chi connectivity index (χ4n) is 2.44. The number of rotatable bonds is 4. The molecule has 2 aromatic heterocycles. The first kappa shape index (κ1) is 14.8. The van der Waals surface area contributed by atoms with Gasteiger partial charge in [-0.05, 0) is 24.3 Å². The summed E-state index contributed by atoms with van der Waals surface area (Å²) in [6.45, 7) is 0.214. The molecule has 2 aromatic carbocycles. The molecule has 7 heteroatoms. The van der Waals surface area contributed by atoms with E-state index in [9.17, 15) is 8.78 Å². The van der Waals surface area contributed by atoms with Crippen LogP contribution in [0.15, 0.2) is 48.0 Å². The molecule has 0 unspecified atom stereocenters. The molecule has 2 N–H and O–H groups in total. The van der Waals surface area contributed by atoms with E-state index in [1.165, 1.54) is 12.1 Å². The molecular formula is C17H12F2N4S. The molecule has 0 amide bonds. The third-order valence-corrected chi connectivity index (χ3v) is 4.44. The Labute approximate surface area is 140 Å². The Morgan fingerprint density at radius 1 is 1.12 bits per heavy atom. The van der Waals surface area contributed by atoms with E-state index in [-0.39, 0.29) is 6.54 Å². The molecular weight excluding hydrogens is 330 g/mol. The molecule has 0 aliphatic heterocycles. The number of aromatic amines is 1. The summed E-state index contributed by atoms with van der Waals surface area (Å²) in [7, 11) is 0. The molecule has 0 aliphatic rings. The molecule has 0 radical (unpaired) electrons. The highest BCUT2D eigenvalue weighted by Crippen LogP contribution is 2.25. The summed E-state index contributed by atoms with van der Waals surface area (Å²) in [5.41, 5.74) is 3.06. The van der Waals surface area contributed by atoms with Crippen LogP contribution in [0.4, 0.5) is 14.7 Å². The minimum atomic E-state index is -0.588. The van der Waals surface area contributed by atoms with Gasteiger partial charge in [0.2, 0.25) is 5.95 Å². The van der Waals surface area contributed by atoms with Crippen LogP contribution in [-0.4, -0.2) is 15.0 Å². The molecule has 0 saturated heterocycles. The van der Waals surface area contributed by atoms with Crippen LogP contribution < -0.4 is 5.32 Å². The van der Waals surface area contributed by atoms with Crippen molar-refractivity contribution in [2.75, 3.05) is 5.32 Å². The zero-order valence-electron chi connectivity index (χ0n) is 12.4. The van der Waals surface area contributed by atoms with Crippen LogP contribution in [0.25, 0.3) is 21.6 Å². The fourth-order valence-corrected chi connectivity index (χ4v) is 3.07. The third kappa shape index (κ3) is 2.85. The van der Waals surface area contributed by atoms with Gasteiger partial charge in [-0.25, -0.2) is 18.7 Å². The minimum Gasteiger partial charge on any atom is -0.352 e. The van der Waals surface area contributed by atoms with Gasteiger partial charge in [-0.15, -0.1) is 11.3 Å². The van der Waals surface area contributed by atoms with Gasteiger partial charge in [0, 0.05) is 35.3 Å². The molecule has 4 nitrogen and oxygen atoms in total. The van der Waals surface area contributed by atoms with E-state index < -0.39 is 11.6 Å². The van der Waals surface area contributed by atoms with E-state index in [2.05, 4.69) is 20.3 Å². The summed E-state index contributed by atoms with van der Waals surface area (Å²) in [5.74, 6) is -0.635. The van der Waals surface area contributed by atoms with Gasteiger partial charge in [0.15, 0.2) is 0 Å². The topological polar surface area (TPSA) is 53.6 Å². The predicted octanol–water partition coefficient (Wildman–Crippen LogP) is 4.58. The lowest BCUT2D eigenvalue weighted by Crippen LogP contribution is -2.03. The first-order valence-corrected chi connectivity index (χ1v) is 8.14. The number of benzene rings is 2. The number of nitrogens with zero attached hydrogens (tertiary/aromatic N) is 2. The van der Waals surface area contributed by atoms with Gasteiger partial charge in [-0.3, -0.25) is 0 Å². The van der Waals surface area contributed by atoms with Crippen molar-refractivity contribution >= 4 is 28.3 Å². The van der Waals surface area contributed by atoms with Gasteiger partial charge in [-0.1, -0.05) is 6.07 Å². The summed E-state index contributed by atoms with van der Waals surface area (Å²) in [6, 6.07) is 9.37. The summed E-state index contributed by atoms with van der Waals surface area (Å²) < 4.78 is 26.6. The Bertz CT molecular complexity index is 995. The van der Waals surface area contributed by atoms with Crippen molar-refractivity contribution in [1.29, 1.82) is 0 Å². The normalized spacial score (nSPS) is 11.1. The van der Waals surface area contributed by atoms with E-state index in [1.807, 2.05) is 23.6 Å². The van der Waals surface area contributed by atoms with Gasteiger partial charge < -0.3 is 10.3 Å². The van der Waals surface area contributed by atoms with Crippen molar-refractivity contribution < 1.29 is 8.78 Å². The van der Waals surface area contributed by atoms with Crippen LogP contribution in [0.5, 0.6) is 0 Å². The second-order valence-corrected chi connectivity index (χ2v) is 6.14. The lowest BCUT2D eigenvalue weighted by atomic mass is 10.2. The molecule has 0 spiro atoms. The van der Waals surface area contributed by atoms with E-state index in [0.717, 1.165) is 27.7 Å². The molecule has 0 bridgehead atoms. The number of nitrogens with one attached hydrogen (secondary N) is 2. The van der Waals surface area contributed by atoms with Crippen molar-refractivity contribution in [3.63, 3.8) is 0 Å². The molecule has 2 heterocycles. The average Bonchev–Trinajstić information content (AvgIpc) is 3.22. The lowest BCUT2D eigenvalue weighted by Gasteiger charge is -2.04. The molecule has 0 atom stereocenters. The Hall–Kier alpha value is -2.80. The maximum atomic E-state index is 13.7. The Balaban J connectivity index is 1.56. The lowest BCUT2D eigenvalue weighted by molar-refractivity contribution is 0.574. The van der Waals surface area contributed by atoms with Crippen molar-refractivity contribution in [1.82, 2.24) is 15.0 Å². The van der Waals surface area contributed by atoms with Crippen molar-refractivity contribution in [2.45, 2.75) is 6.54 Å². The Morgan fingerprint density at radius 3 is 2.83 bits per heavy atom. The van der Waals surface area contributed by atoms with Gasteiger partial charge in [-0.2, -0.15) is 0 Å². The molecule has 0 aliphatic carbocycles. The zero-order chi connectivity index (χ0) is 16.5. The monoisotopic (exact) mass is 342 g/mol. The minimum absolute atomic E-state index is 0.214. The fraction of sp³-hybridized carbons (Fsp3) is 0.0588. The Kier molecular flexibility index (Phi) is 3.70. The maximum Gasteiger partial charge on any atom is 0.201 e. The van der Waals surface area contributed by atoms with Crippen LogP contribution >= 0.6 is 11.3 Å². The van der Waals surface area contributed by atoms with E-state index in [1.54, 1.807) is 17.5 Å². The number of H-pyrrole nitrogens is 1. The second kappa shape index (κ2) is 6.01. The van der Waals surface area contributed by atoms with Crippen molar-refractivity contribution in [3.8, 4) is 10.6 Å². The predicted molar refractivity (Wildman–Crippen MR) is 90.9 cm³/mol. The molecule has 0 fully saturated rings. The number of aromatic nitrogens is 3. The van der Waals surface area contributed by atoms with Crippen molar-refractivity contribution in [3.05, 3.63) is 65.2 Å². The highest BCUT2D eigenvalue weighted by molar-refractivity contribution is 7.13. The number of imidazole rings is 1. The quantitative estimate of drug-likeness (QED) is 0.571. The van der Waals surface area contributed by atoms with Gasteiger partial charge >= 0.3 is 0 Å². The van der Waals surface area contributed by atoms with E-state index in [4.69, 9.17) is 0 Å². The van der Waals surface area contributed by atoms with Crippen LogP contribution in [0.1, 0.15) is 5.56 Å². The molecule has 0 saturated carbocycles. The number of anilines is 1. The zero-order valence-corrected chi connectivity index (χ0v) is 13.2. The number of hydrogen-bond donors (Lipinski definition) is 2. The SMILES string of the molecule is Fc1ccc(CNc2nc3ccc(-c4nccs4)cc3[nH]2)c(F)c1. The molecule has 24 heavy (non-hydrogen) atoms. The average molecular weight is 342 g/mol. The van der Waals surface area contributed by atoms with Crippen LogP contribution in [0.2, 0.25) is 0 Å². The van der Waals surface area contributed by atoms with Gasteiger partial charge in [0.05, 0.1) is 11.0 Å². The third-order valence-electron chi connectivity index (χ3n) is 3.62. The largest absolute Gasteiger partial charge is 0.352 e. The maximum absolute atomic E-state index is 13.7.